The summed E-state index contributed by atoms with van der Waals surface area (Å²) in [6.07, 6.45) is 1.07. The van der Waals surface area contributed by atoms with Crippen molar-refractivity contribution in [2.45, 2.75) is 34.1 Å². The number of carbonyl (C=O) groups excluding carboxylic acids is 1. The zero-order valence-corrected chi connectivity index (χ0v) is 12.4. The number of hydrogen-bond acceptors (Lipinski definition) is 5. The number of nitrogens with one attached hydrogen (secondary N) is 1. The van der Waals surface area contributed by atoms with Gasteiger partial charge in [-0.3, -0.25) is 4.79 Å². The Hall–Kier alpha value is -1.17. The summed E-state index contributed by atoms with van der Waals surface area (Å²) in [7, 11) is 0. The molecule has 1 atom stereocenters. The van der Waals surface area contributed by atoms with Crippen molar-refractivity contribution in [2.75, 3.05) is 25.0 Å². The molecule has 0 saturated carbocycles. The zero-order valence-electron chi connectivity index (χ0n) is 11.6. The van der Waals surface area contributed by atoms with Crippen molar-refractivity contribution < 1.29 is 4.79 Å². The van der Waals surface area contributed by atoms with E-state index in [0.29, 0.717) is 22.6 Å². The van der Waals surface area contributed by atoms with Gasteiger partial charge in [0.1, 0.15) is 0 Å². The first-order valence-corrected chi connectivity index (χ1v) is 7.30. The minimum atomic E-state index is -0.0144. The molecule has 0 spiro atoms. The molecular weight excluding hydrogens is 248 g/mol. The molecule has 1 aromatic rings. The number of aromatic nitrogens is 2. The quantitative estimate of drug-likeness (QED) is 0.827. The zero-order chi connectivity index (χ0) is 13.5. The van der Waals surface area contributed by atoms with Crippen molar-refractivity contribution in [2.24, 2.45) is 5.92 Å². The van der Waals surface area contributed by atoms with Gasteiger partial charge in [0.25, 0.3) is 5.91 Å². The van der Waals surface area contributed by atoms with E-state index < -0.39 is 0 Å². The van der Waals surface area contributed by atoms with Crippen LogP contribution in [0.5, 0.6) is 0 Å². The molecule has 1 heterocycles. The smallest absolute Gasteiger partial charge is 0.284 e. The fourth-order valence-electron chi connectivity index (χ4n) is 1.53. The van der Waals surface area contributed by atoms with Gasteiger partial charge in [-0.05, 0) is 19.8 Å². The van der Waals surface area contributed by atoms with Gasteiger partial charge in [-0.15, -0.1) is 10.2 Å². The Morgan fingerprint density at radius 3 is 2.67 bits per heavy atom. The molecule has 0 aliphatic heterocycles. The van der Waals surface area contributed by atoms with Crippen LogP contribution in [0, 0.1) is 5.92 Å². The third kappa shape index (κ3) is 3.94. The number of carbonyl (C=O) groups is 1. The molecule has 1 amide bonds. The summed E-state index contributed by atoms with van der Waals surface area (Å²) in [6.45, 7) is 10.5. The number of anilines is 1. The van der Waals surface area contributed by atoms with Crippen molar-refractivity contribution in [3.8, 4) is 0 Å². The molecule has 1 unspecified atom stereocenters. The Kier molecular flexibility index (Phi) is 6.04. The Bertz CT molecular complexity index is 380. The fourth-order valence-corrected chi connectivity index (χ4v) is 2.31. The standard InChI is InChI=1S/C12H22N4OS/c1-5-9(4)8-16(7-3)11(17)10-14-15-12(18-10)13-6-2/h9H,5-8H2,1-4H3,(H,13,15). The van der Waals surface area contributed by atoms with E-state index in [1.54, 1.807) is 0 Å². The highest BCUT2D eigenvalue weighted by Crippen LogP contribution is 2.17. The van der Waals surface area contributed by atoms with E-state index in [1.807, 2.05) is 18.7 Å². The van der Waals surface area contributed by atoms with Crippen molar-refractivity contribution in [1.29, 1.82) is 0 Å². The van der Waals surface area contributed by atoms with Crippen LogP contribution in [0.4, 0.5) is 5.13 Å². The van der Waals surface area contributed by atoms with Crippen molar-refractivity contribution in [1.82, 2.24) is 15.1 Å². The fraction of sp³-hybridized carbons (Fsp3) is 0.750. The van der Waals surface area contributed by atoms with E-state index in [2.05, 4.69) is 29.4 Å². The molecular formula is C12H22N4OS. The van der Waals surface area contributed by atoms with E-state index in [4.69, 9.17) is 0 Å². The number of nitrogens with zero attached hydrogens (tertiary/aromatic N) is 3. The van der Waals surface area contributed by atoms with Crippen LogP contribution in [0.2, 0.25) is 0 Å². The molecule has 102 valence electrons. The molecule has 1 aromatic heterocycles. The lowest BCUT2D eigenvalue weighted by atomic mass is 10.1. The van der Waals surface area contributed by atoms with Gasteiger partial charge in [0.2, 0.25) is 10.1 Å². The Morgan fingerprint density at radius 1 is 1.39 bits per heavy atom. The third-order valence-electron chi connectivity index (χ3n) is 2.83. The average molecular weight is 270 g/mol. The van der Waals surface area contributed by atoms with Crippen LogP contribution in [-0.2, 0) is 0 Å². The lowest BCUT2D eigenvalue weighted by molar-refractivity contribution is 0.0739. The maximum Gasteiger partial charge on any atom is 0.284 e. The van der Waals surface area contributed by atoms with Crippen molar-refractivity contribution in [3.63, 3.8) is 0 Å². The van der Waals surface area contributed by atoms with E-state index in [9.17, 15) is 4.79 Å². The van der Waals surface area contributed by atoms with Gasteiger partial charge in [-0.1, -0.05) is 31.6 Å². The summed E-state index contributed by atoms with van der Waals surface area (Å²) in [5, 5.41) is 12.1. The predicted molar refractivity (Wildman–Crippen MR) is 75.1 cm³/mol. The molecule has 0 saturated heterocycles. The molecule has 0 fully saturated rings. The maximum atomic E-state index is 12.3. The summed E-state index contributed by atoms with van der Waals surface area (Å²) in [6, 6.07) is 0. The first-order chi connectivity index (χ1) is 8.62. The van der Waals surface area contributed by atoms with Crippen LogP contribution in [0.25, 0.3) is 0 Å². The van der Waals surface area contributed by atoms with Crippen LogP contribution in [0.1, 0.15) is 43.9 Å². The number of amides is 1. The second kappa shape index (κ2) is 7.31. The monoisotopic (exact) mass is 270 g/mol. The molecule has 0 radical (unpaired) electrons. The van der Waals surface area contributed by atoms with Gasteiger partial charge in [0.05, 0.1) is 0 Å². The van der Waals surface area contributed by atoms with Crippen LogP contribution in [-0.4, -0.2) is 40.6 Å². The van der Waals surface area contributed by atoms with Gasteiger partial charge < -0.3 is 10.2 Å². The lowest BCUT2D eigenvalue weighted by Crippen LogP contribution is -2.34. The van der Waals surface area contributed by atoms with E-state index in [-0.39, 0.29) is 5.91 Å². The van der Waals surface area contributed by atoms with Gasteiger partial charge >= 0.3 is 0 Å². The molecule has 18 heavy (non-hydrogen) atoms. The van der Waals surface area contributed by atoms with Crippen LogP contribution in [0.15, 0.2) is 0 Å². The highest BCUT2D eigenvalue weighted by atomic mass is 32.1. The Morgan fingerprint density at radius 2 is 2.11 bits per heavy atom. The molecule has 0 bridgehead atoms. The first-order valence-electron chi connectivity index (χ1n) is 6.48. The van der Waals surface area contributed by atoms with Gasteiger partial charge in [-0.2, -0.15) is 0 Å². The second-order valence-electron chi connectivity index (χ2n) is 4.30. The molecule has 0 aliphatic carbocycles. The van der Waals surface area contributed by atoms with Crippen molar-refractivity contribution >= 4 is 22.4 Å². The minimum Gasteiger partial charge on any atom is -0.360 e. The summed E-state index contributed by atoms with van der Waals surface area (Å²) in [5.41, 5.74) is 0. The summed E-state index contributed by atoms with van der Waals surface area (Å²) >= 11 is 1.32. The molecule has 0 aliphatic rings. The number of rotatable bonds is 7. The van der Waals surface area contributed by atoms with Crippen LogP contribution < -0.4 is 5.32 Å². The predicted octanol–water partition coefficient (Wildman–Crippen LogP) is 2.48. The first kappa shape index (κ1) is 14.9. The average Bonchev–Trinajstić information content (AvgIpc) is 2.83. The minimum absolute atomic E-state index is 0.0144. The normalized spacial score (nSPS) is 12.2. The van der Waals surface area contributed by atoms with Crippen molar-refractivity contribution in [3.05, 3.63) is 5.01 Å². The van der Waals surface area contributed by atoms with Gasteiger partial charge in [0, 0.05) is 19.6 Å². The van der Waals surface area contributed by atoms with E-state index in [1.165, 1.54) is 11.3 Å². The largest absolute Gasteiger partial charge is 0.360 e. The second-order valence-corrected chi connectivity index (χ2v) is 5.28. The van der Waals surface area contributed by atoms with Gasteiger partial charge in [0.15, 0.2) is 0 Å². The molecule has 1 N–H and O–H groups in total. The van der Waals surface area contributed by atoms with Crippen LogP contribution >= 0.6 is 11.3 Å². The van der Waals surface area contributed by atoms with E-state index >= 15 is 0 Å². The van der Waals surface area contributed by atoms with E-state index in [0.717, 1.165) is 19.5 Å². The highest BCUT2D eigenvalue weighted by Gasteiger charge is 2.20. The lowest BCUT2D eigenvalue weighted by Gasteiger charge is -2.22. The highest BCUT2D eigenvalue weighted by molar-refractivity contribution is 7.17. The molecule has 0 aromatic carbocycles. The Balaban J connectivity index is 2.70. The molecule has 6 heteroatoms. The Labute approximate surface area is 113 Å². The SMILES string of the molecule is CCNc1nnc(C(=O)N(CC)CC(C)CC)s1. The molecule has 5 nitrogen and oxygen atoms in total. The third-order valence-corrected chi connectivity index (χ3v) is 3.70. The summed E-state index contributed by atoms with van der Waals surface area (Å²) < 4.78 is 0. The molecule has 1 rings (SSSR count). The summed E-state index contributed by atoms with van der Waals surface area (Å²) in [4.78, 5) is 14.1. The number of hydrogen-bond donors (Lipinski definition) is 1. The maximum absolute atomic E-state index is 12.3. The van der Waals surface area contributed by atoms with Crippen LogP contribution in [0.3, 0.4) is 0 Å². The summed E-state index contributed by atoms with van der Waals surface area (Å²) in [5.74, 6) is 0.495. The van der Waals surface area contributed by atoms with Gasteiger partial charge in [-0.25, -0.2) is 0 Å². The topological polar surface area (TPSA) is 58.1 Å².